The van der Waals surface area contributed by atoms with Gasteiger partial charge in [0.25, 0.3) is 0 Å². The average molecular weight is 316 g/mol. The summed E-state index contributed by atoms with van der Waals surface area (Å²) in [5, 5.41) is 7.19. The lowest BCUT2D eigenvalue weighted by molar-refractivity contribution is 0.502. The lowest BCUT2D eigenvalue weighted by Gasteiger charge is -2.26. The Bertz CT molecular complexity index is 643. The van der Waals surface area contributed by atoms with Crippen molar-refractivity contribution in [3.8, 4) is 0 Å². The molecule has 20 heavy (non-hydrogen) atoms. The summed E-state index contributed by atoms with van der Waals surface area (Å²) >= 11 is 5.35. The highest BCUT2D eigenvalue weighted by Crippen LogP contribution is 2.33. The molecule has 1 aromatic heterocycles. The third kappa shape index (κ3) is 2.50. The highest BCUT2D eigenvalue weighted by atomic mass is 32.2. The van der Waals surface area contributed by atoms with Crippen molar-refractivity contribution < 1.29 is 8.42 Å². The van der Waals surface area contributed by atoms with Gasteiger partial charge in [0.15, 0.2) is 14.6 Å². The molecule has 1 N–H and O–H groups in total. The predicted molar refractivity (Wildman–Crippen MR) is 80.4 cm³/mol. The monoisotopic (exact) mass is 316 g/mol. The van der Waals surface area contributed by atoms with Gasteiger partial charge in [0.1, 0.15) is 0 Å². The number of aromatic amines is 1. The molecule has 1 aliphatic carbocycles. The third-order valence-electron chi connectivity index (χ3n) is 4.45. The lowest BCUT2D eigenvalue weighted by atomic mass is 10.2. The van der Waals surface area contributed by atoms with Crippen LogP contribution >= 0.6 is 12.2 Å². The number of hydrogen-bond donors (Lipinski definition) is 1. The Morgan fingerprint density at radius 2 is 2.05 bits per heavy atom. The largest absolute Gasteiger partial charge is 0.340 e. The minimum atomic E-state index is -2.89. The number of rotatable bonds is 3. The zero-order valence-corrected chi connectivity index (χ0v) is 13.2. The van der Waals surface area contributed by atoms with Gasteiger partial charge in [-0.25, -0.2) is 13.5 Å². The van der Waals surface area contributed by atoms with Gasteiger partial charge < -0.3 is 4.90 Å². The molecule has 3 rings (SSSR count). The Morgan fingerprint density at radius 3 is 2.65 bits per heavy atom. The fraction of sp³-hybridized carbons (Fsp3) is 0.833. The van der Waals surface area contributed by atoms with Crippen molar-refractivity contribution >= 4 is 28.0 Å². The normalized spacial score (nSPS) is 26.1. The number of H-pyrrole nitrogens is 1. The molecule has 2 heterocycles. The lowest BCUT2D eigenvalue weighted by Crippen LogP contribution is -2.35. The first-order chi connectivity index (χ1) is 9.48. The van der Waals surface area contributed by atoms with Crippen molar-refractivity contribution in [3.05, 3.63) is 4.77 Å². The van der Waals surface area contributed by atoms with Gasteiger partial charge in [0, 0.05) is 19.1 Å². The summed E-state index contributed by atoms with van der Waals surface area (Å²) in [5.74, 6) is 1.27. The molecule has 1 atom stereocenters. The van der Waals surface area contributed by atoms with E-state index < -0.39 is 9.84 Å². The van der Waals surface area contributed by atoms with Crippen molar-refractivity contribution in [1.29, 1.82) is 0 Å². The van der Waals surface area contributed by atoms with Crippen molar-refractivity contribution in [3.63, 3.8) is 0 Å². The van der Waals surface area contributed by atoms with Crippen LogP contribution in [0.4, 0.5) is 5.95 Å². The molecule has 0 amide bonds. The smallest absolute Gasteiger partial charge is 0.226 e. The number of hydrogen-bond acceptors (Lipinski definition) is 5. The van der Waals surface area contributed by atoms with E-state index in [0.29, 0.717) is 17.2 Å². The van der Waals surface area contributed by atoms with E-state index in [0.717, 1.165) is 18.8 Å². The van der Waals surface area contributed by atoms with E-state index in [1.54, 1.807) is 0 Å². The molecule has 1 aromatic rings. The molecule has 112 valence electrons. The van der Waals surface area contributed by atoms with Crippen LogP contribution in [0.2, 0.25) is 0 Å². The van der Waals surface area contributed by atoms with Crippen molar-refractivity contribution in [2.75, 3.05) is 23.5 Å². The van der Waals surface area contributed by atoms with Crippen LogP contribution in [-0.2, 0) is 9.84 Å². The number of anilines is 1. The zero-order chi connectivity index (χ0) is 14.3. The van der Waals surface area contributed by atoms with Crippen LogP contribution in [0.15, 0.2) is 0 Å². The average Bonchev–Trinajstić information content (AvgIpc) is 3.07. The van der Waals surface area contributed by atoms with E-state index in [2.05, 4.69) is 14.8 Å². The summed E-state index contributed by atoms with van der Waals surface area (Å²) in [4.78, 5) is 1.98. The Morgan fingerprint density at radius 1 is 1.35 bits per heavy atom. The molecule has 0 bridgehead atoms. The Balaban J connectivity index is 1.88. The van der Waals surface area contributed by atoms with Gasteiger partial charge in [-0.3, -0.25) is 4.57 Å². The standard InChI is InChI=1S/C12H20N4O2S2/c1-15(10-6-7-20(17,18)8-10)11-13-14-12(19)16(11)9-4-2-3-5-9/h9-10H,2-8H2,1H3,(H,14,19). The summed E-state index contributed by atoms with van der Waals surface area (Å²) in [7, 11) is -0.970. The molecule has 0 spiro atoms. The zero-order valence-electron chi connectivity index (χ0n) is 11.6. The SMILES string of the molecule is CN(c1n[nH]c(=S)n1C1CCCC1)C1CCS(=O)(=O)C1. The minimum absolute atomic E-state index is 0.00496. The first-order valence-corrected chi connectivity index (χ1v) is 9.31. The molecular formula is C12H20N4O2S2. The molecule has 1 aliphatic heterocycles. The van der Waals surface area contributed by atoms with Gasteiger partial charge >= 0.3 is 0 Å². The van der Waals surface area contributed by atoms with E-state index in [-0.39, 0.29) is 17.5 Å². The number of nitrogens with one attached hydrogen (secondary N) is 1. The van der Waals surface area contributed by atoms with Crippen LogP contribution in [0.3, 0.4) is 0 Å². The Hall–Kier alpha value is -0.890. The number of nitrogens with zero attached hydrogens (tertiary/aromatic N) is 3. The molecule has 0 aromatic carbocycles. The van der Waals surface area contributed by atoms with E-state index in [9.17, 15) is 8.42 Å². The van der Waals surface area contributed by atoms with Gasteiger partial charge in [-0.2, -0.15) is 0 Å². The maximum atomic E-state index is 11.6. The molecule has 0 radical (unpaired) electrons. The van der Waals surface area contributed by atoms with E-state index in [1.165, 1.54) is 12.8 Å². The minimum Gasteiger partial charge on any atom is -0.340 e. The van der Waals surface area contributed by atoms with Crippen LogP contribution in [0.1, 0.15) is 38.1 Å². The maximum Gasteiger partial charge on any atom is 0.226 e. The first kappa shape index (κ1) is 14.1. The topological polar surface area (TPSA) is 71.0 Å². The molecule has 2 fully saturated rings. The van der Waals surface area contributed by atoms with Crippen LogP contribution in [0.5, 0.6) is 0 Å². The van der Waals surface area contributed by atoms with Gasteiger partial charge in [-0.15, -0.1) is 5.10 Å². The molecule has 6 nitrogen and oxygen atoms in total. The molecule has 1 unspecified atom stereocenters. The Kier molecular flexibility index (Phi) is 3.62. The second-order valence-corrected chi connectivity index (χ2v) is 8.42. The fourth-order valence-corrected chi connectivity index (χ4v) is 5.33. The van der Waals surface area contributed by atoms with Gasteiger partial charge in [0.05, 0.1) is 11.5 Å². The van der Waals surface area contributed by atoms with Crippen LogP contribution in [0, 0.1) is 4.77 Å². The predicted octanol–water partition coefficient (Wildman–Crippen LogP) is 1.68. The third-order valence-corrected chi connectivity index (χ3v) is 6.49. The summed E-state index contributed by atoms with van der Waals surface area (Å²) in [5.41, 5.74) is 0. The highest BCUT2D eigenvalue weighted by Gasteiger charge is 2.33. The van der Waals surface area contributed by atoms with E-state index >= 15 is 0 Å². The number of sulfone groups is 1. The second-order valence-electron chi connectivity index (χ2n) is 5.80. The van der Waals surface area contributed by atoms with Crippen molar-refractivity contribution in [2.24, 2.45) is 0 Å². The van der Waals surface area contributed by atoms with Crippen LogP contribution in [0.25, 0.3) is 0 Å². The molecule has 1 saturated carbocycles. The molecular weight excluding hydrogens is 296 g/mol. The summed E-state index contributed by atoms with van der Waals surface area (Å²) in [6.07, 6.45) is 5.36. The van der Waals surface area contributed by atoms with Crippen LogP contribution in [-0.4, -0.2) is 47.8 Å². The van der Waals surface area contributed by atoms with E-state index in [4.69, 9.17) is 12.2 Å². The van der Waals surface area contributed by atoms with Gasteiger partial charge in [-0.1, -0.05) is 12.8 Å². The fourth-order valence-electron chi connectivity index (χ4n) is 3.28. The van der Waals surface area contributed by atoms with Crippen molar-refractivity contribution in [2.45, 2.75) is 44.2 Å². The van der Waals surface area contributed by atoms with Gasteiger partial charge in [-0.05, 0) is 31.5 Å². The van der Waals surface area contributed by atoms with E-state index in [1.807, 2.05) is 11.9 Å². The first-order valence-electron chi connectivity index (χ1n) is 7.08. The second kappa shape index (κ2) is 5.14. The Labute approximate surface area is 124 Å². The molecule has 2 aliphatic rings. The summed E-state index contributed by atoms with van der Waals surface area (Å²) in [6.45, 7) is 0. The molecule has 8 heteroatoms. The quantitative estimate of drug-likeness (QED) is 0.859. The summed E-state index contributed by atoms with van der Waals surface area (Å²) in [6, 6.07) is 0.405. The van der Waals surface area contributed by atoms with Crippen molar-refractivity contribution in [1.82, 2.24) is 14.8 Å². The number of aromatic nitrogens is 3. The highest BCUT2D eigenvalue weighted by molar-refractivity contribution is 7.91. The van der Waals surface area contributed by atoms with Gasteiger partial charge in [0.2, 0.25) is 5.95 Å². The molecule has 1 saturated heterocycles. The summed E-state index contributed by atoms with van der Waals surface area (Å²) < 4.78 is 26.0. The van der Waals surface area contributed by atoms with Crippen LogP contribution < -0.4 is 4.90 Å². The maximum absolute atomic E-state index is 11.6.